The summed E-state index contributed by atoms with van der Waals surface area (Å²) in [6, 6.07) is 6.40. The van der Waals surface area contributed by atoms with Crippen LogP contribution in [0, 0.1) is 0 Å². The maximum Gasteiger partial charge on any atom is 0.255 e. The SMILES string of the molecule is CC(=O)CCC(=O)N1CCC(NC(=O)c2ccccc2O)CC1. The molecule has 2 N–H and O–H groups in total. The van der Waals surface area contributed by atoms with Gasteiger partial charge < -0.3 is 20.1 Å². The Morgan fingerprint density at radius 1 is 1.17 bits per heavy atom. The van der Waals surface area contributed by atoms with Crippen molar-refractivity contribution in [3.05, 3.63) is 29.8 Å². The van der Waals surface area contributed by atoms with Gasteiger partial charge in [0.05, 0.1) is 5.56 Å². The van der Waals surface area contributed by atoms with Crippen molar-refractivity contribution < 1.29 is 19.5 Å². The predicted octanol–water partition coefficient (Wildman–Crippen LogP) is 1.48. The van der Waals surface area contributed by atoms with Gasteiger partial charge in [-0.15, -0.1) is 0 Å². The Morgan fingerprint density at radius 2 is 1.83 bits per heavy atom. The molecule has 0 unspecified atom stereocenters. The average Bonchev–Trinajstić information content (AvgIpc) is 2.53. The summed E-state index contributed by atoms with van der Waals surface area (Å²) < 4.78 is 0. The molecule has 2 amide bonds. The van der Waals surface area contributed by atoms with Crippen LogP contribution in [0.4, 0.5) is 0 Å². The molecule has 1 aliphatic heterocycles. The Balaban J connectivity index is 1.81. The molecule has 1 aliphatic rings. The first-order chi connectivity index (χ1) is 11.0. The molecule has 124 valence electrons. The van der Waals surface area contributed by atoms with Crippen molar-refractivity contribution in [1.82, 2.24) is 10.2 Å². The van der Waals surface area contributed by atoms with Gasteiger partial charge in [-0.2, -0.15) is 0 Å². The predicted molar refractivity (Wildman–Crippen MR) is 85.1 cm³/mol. The molecular weight excluding hydrogens is 296 g/mol. The van der Waals surface area contributed by atoms with Gasteiger partial charge in [0.1, 0.15) is 11.5 Å². The molecule has 0 bridgehead atoms. The van der Waals surface area contributed by atoms with Crippen LogP contribution in [-0.4, -0.2) is 46.7 Å². The molecule has 1 fully saturated rings. The summed E-state index contributed by atoms with van der Waals surface area (Å²) in [5, 5.41) is 12.6. The van der Waals surface area contributed by atoms with Crippen LogP contribution in [0.15, 0.2) is 24.3 Å². The monoisotopic (exact) mass is 318 g/mol. The van der Waals surface area contributed by atoms with Crippen LogP contribution in [0.3, 0.4) is 0 Å². The van der Waals surface area contributed by atoms with E-state index in [1.165, 1.54) is 13.0 Å². The summed E-state index contributed by atoms with van der Waals surface area (Å²) in [4.78, 5) is 36.8. The molecule has 2 rings (SSSR count). The van der Waals surface area contributed by atoms with E-state index in [9.17, 15) is 19.5 Å². The molecule has 0 aliphatic carbocycles. The molecule has 1 saturated heterocycles. The van der Waals surface area contributed by atoms with Crippen molar-refractivity contribution in [2.24, 2.45) is 0 Å². The van der Waals surface area contributed by atoms with Crippen LogP contribution in [0.5, 0.6) is 5.75 Å². The van der Waals surface area contributed by atoms with Crippen LogP contribution in [0.2, 0.25) is 0 Å². The van der Waals surface area contributed by atoms with E-state index in [-0.39, 0.29) is 47.8 Å². The van der Waals surface area contributed by atoms with E-state index >= 15 is 0 Å². The number of Topliss-reactive ketones (excluding diaryl/α,β-unsaturated/α-hetero) is 1. The van der Waals surface area contributed by atoms with Gasteiger partial charge in [-0.05, 0) is 31.9 Å². The lowest BCUT2D eigenvalue weighted by atomic mass is 10.0. The average molecular weight is 318 g/mol. The van der Waals surface area contributed by atoms with Crippen molar-refractivity contribution in [2.75, 3.05) is 13.1 Å². The maximum absolute atomic E-state index is 12.1. The number of phenols is 1. The van der Waals surface area contributed by atoms with Crippen LogP contribution >= 0.6 is 0 Å². The molecule has 0 aromatic heterocycles. The summed E-state index contributed by atoms with van der Waals surface area (Å²) >= 11 is 0. The standard InChI is InChI=1S/C17H22N2O4/c1-12(20)6-7-16(22)19-10-8-13(9-11-19)18-17(23)14-4-2-3-5-15(14)21/h2-5,13,21H,6-11H2,1H3,(H,18,23). The zero-order valence-corrected chi connectivity index (χ0v) is 13.2. The van der Waals surface area contributed by atoms with E-state index in [4.69, 9.17) is 0 Å². The van der Waals surface area contributed by atoms with Gasteiger partial charge in [-0.25, -0.2) is 0 Å². The number of aromatic hydroxyl groups is 1. The molecule has 1 heterocycles. The Hall–Kier alpha value is -2.37. The zero-order chi connectivity index (χ0) is 16.8. The maximum atomic E-state index is 12.1. The molecule has 6 nitrogen and oxygen atoms in total. The van der Waals surface area contributed by atoms with Crippen LogP contribution in [0.25, 0.3) is 0 Å². The molecule has 1 aromatic rings. The number of amides is 2. The third-order valence-electron chi connectivity index (χ3n) is 4.02. The number of nitrogens with zero attached hydrogens (tertiary/aromatic N) is 1. The zero-order valence-electron chi connectivity index (χ0n) is 13.2. The molecule has 0 radical (unpaired) electrons. The van der Waals surface area contributed by atoms with Gasteiger partial charge in [0.25, 0.3) is 5.91 Å². The van der Waals surface area contributed by atoms with E-state index in [1.807, 2.05) is 0 Å². The summed E-state index contributed by atoms with van der Waals surface area (Å²) in [6.07, 6.45) is 1.88. The second-order valence-corrected chi connectivity index (χ2v) is 5.85. The van der Waals surface area contributed by atoms with E-state index in [2.05, 4.69) is 5.32 Å². The van der Waals surface area contributed by atoms with Gasteiger partial charge in [0, 0.05) is 32.0 Å². The second-order valence-electron chi connectivity index (χ2n) is 5.85. The Kier molecular flexibility index (Phi) is 5.73. The van der Waals surface area contributed by atoms with Crippen LogP contribution in [0.1, 0.15) is 43.0 Å². The summed E-state index contributed by atoms with van der Waals surface area (Å²) in [5.41, 5.74) is 0.257. The molecule has 0 atom stereocenters. The van der Waals surface area contributed by atoms with Gasteiger partial charge >= 0.3 is 0 Å². The summed E-state index contributed by atoms with van der Waals surface area (Å²) in [7, 11) is 0. The first-order valence-corrected chi connectivity index (χ1v) is 7.83. The number of phenolic OH excluding ortho intramolecular Hbond substituents is 1. The minimum Gasteiger partial charge on any atom is -0.507 e. The van der Waals surface area contributed by atoms with Crippen molar-refractivity contribution in [3.8, 4) is 5.75 Å². The first kappa shape index (κ1) is 17.0. The summed E-state index contributed by atoms with van der Waals surface area (Å²) in [5.74, 6) is -0.333. The van der Waals surface area contributed by atoms with Gasteiger partial charge in [-0.3, -0.25) is 9.59 Å². The number of likely N-dealkylation sites (tertiary alicyclic amines) is 1. The molecule has 1 aromatic carbocycles. The van der Waals surface area contributed by atoms with Crippen molar-refractivity contribution in [2.45, 2.75) is 38.6 Å². The third-order valence-corrected chi connectivity index (χ3v) is 4.02. The quantitative estimate of drug-likeness (QED) is 0.861. The molecule has 23 heavy (non-hydrogen) atoms. The lowest BCUT2D eigenvalue weighted by molar-refractivity contribution is -0.133. The largest absolute Gasteiger partial charge is 0.507 e. The van der Waals surface area contributed by atoms with Crippen LogP contribution in [-0.2, 0) is 9.59 Å². The Bertz CT molecular complexity index is 592. The van der Waals surface area contributed by atoms with Gasteiger partial charge in [-0.1, -0.05) is 12.1 Å². The van der Waals surface area contributed by atoms with E-state index in [1.54, 1.807) is 23.1 Å². The lowest BCUT2D eigenvalue weighted by Crippen LogP contribution is -2.46. The van der Waals surface area contributed by atoms with E-state index in [0.29, 0.717) is 25.9 Å². The smallest absolute Gasteiger partial charge is 0.255 e. The highest BCUT2D eigenvalue weighted by molar-refractivity contribution is 5.96. The van der Waals surface area contributed by atoms with Crippen molar-refractivity contribution in [3.63, 3.8) is 0 Å². The number of hydrogen-bond acceptors (Lipinski definition) is 4. The first-order valence-electron chi connectivity index (χ1n) is 7.83. The second kappa shape index (κ2) is 7.76. The summed E-state index contributed by atoms with van der Waals surface area (Å²) in [6.45, 7) is 2.62. The minimum absolute atomic E-state index is 0.00863. The number of carbonyl (C=O) groups is 3. The number of nitrogens with one attached hydrogen (secondary N) is 1. The minimum atomic E-state index is -0.301. The topological polar surface area (TPSA) is 86.7 Å². The highest BCUT2D eigenvalue weighted by Gasteiger charge is 2.24. The van der Waals surface area contributed by atoms with E-state index in [0.717, 1.165) is 0 Å². The molecule has 0 spiro atoms. The number of para-hydroxylation sites is 1. The van der Waals surface area contributed by atoms with Gasteiger partial charge in [0.2, 0.25) is 5.91 Å². The number of rotatable bonds is 5. The fourth-order valence-corrected chi connectivity index (χ4v) is 2.64. The van der Waals surface area contributed by atoms with E-state index < -0.39 is 0 Å². The third kappa shape index (κ3) is 4.81. The van der Waals surface area contributed by atoms with Crippen molar-refractivity contribution in [1.29, 1.82) is 0 Å². The van der Waals surface area contributed by atoms with Gasteiger partial charge in [0.15, 0.2) is 0 Å². The number of ketones is 1. The number of hydrogen-bond donors (Lipinski definition) is 2. The molecular formula is C17H22N2O4. The Labute approximate surface area is 135 Å². The molecule has 6 heteroatoms. The van der Waals surface area contributed by atoms with Crippen molar-refractivity contribution >= 4 is 17.6 Å². The highest BCUT2D eigenvalue weighted by Crippen LogP contribution is 2.17. The fraction of sp³-hybridized carbons (Fsp3) is 0.471. The number of carbonyl (C=O) groups excluding carboxylic acids is 3. The van der Waals surface area contributed by atoms with Crippen LogP contribution < -0.4 is 5.32 Å². The normalized spacial score (nSPS) is 15.3. The molecule has 0 saturated carbocycles. The number of benzene rings is 1. The fourth-order valence-electron chi connectivity index (χ4n) is 2.64. The lowest BCUT2D eigenvalue weighted by Gasteiger charge is -2.32. The number of piperidine rings is 1. The Morgan fingerprint density at radius 3 is 2.43 bits per heavy atom. The highest BCUT2D eigenvalue weighted by atomic mass is 16.3.